The molecule has 0 unspecified atom stereocenters. The molecule has 23 heavy (non-hydrogen) atoms. The van der Waals surface area contributed by atoms with Crippen molar-refractivity contribution < 1.29 is 13.2 Å². The maximum Gasteiger partial charge on any atom is 0.451 e. The zero-order valence-electron chi connectivity index (χ0n) is 12.5. The topological polar surface area (TPSA) is 80.3 Å². The predicted molar refractivity (Wildman–Crippen MR) is 80.9 cm³/mol. The van der Waals surface area contributed by atoms with Gasteiger partial charge in [0.05, 0.1) is 12.3 Å². The van der Waals surface area contributed by atoms with E-state index in [0.29, 0.717) is 0 Å². The maximum atomic E-state index is 12.8. The van der Waals surface area contributed by atoms with Crippen LogP contribution in [0.1, 0.15) is 25.2 Å². The molecule has 2 N–H and O–H groups in total. The first-order valence-corrected chi connectivity index (χ1v) is 6.74. The van der Waals surface area contributed by atoms with Crippen molar-refractivity contribution in [3.63, 3.8) is 0 Å². The Morgan fingerprint density at radius 3 is 2.35 bits per heavy atom. The molecule has 2 rings (SSSR count). The molecule has 0 saturated carbocycles. The van der Waals surface area contributed by atoms with E-state index < -0.39 is 17.9 Å². The van der Waals surface area contributed by atoms with E-state index in [9.17, 15) is 13.2 Å². The average molecular weight is 324 g/mol. The number of rotatable bonds is 4. The second kappa shape index (κ2) is 6.59. The van der Waals surface area contributed by atoms with Crippen LogP contribution in [0, 0.1) is 0 Å². The summed E-state index contributed by atoms with van der Waals surface area (Å²) >= 11 is 0. The predicted octanol–water partition coefficient (Wildman–Crippen LogP) is 2.72. The number of hydrazone groups is 1. The number of benzene rings is 1. The molecule has 0 aliphatic rings. The number of anilines is 2. The molecular weight excluding hydrogens is 309 g/mol. The van der Waals surface area contributed by atoms with Crippen LogP contribution < -0.4 is 10.7 Å². The summed E-state index contributed by atoms with van der Waals surface area (Å²) in [5.74, 6) is -2.12. The van der Waals surface area contributed by atoms with E-state index in [1.165, 1.54) is 11.2 Å². The number of hydrogen-bond acceptors (Lipinski definition) is 6. The van der Waals surface area contributed by atoms with Crippen LogP contribution >= 0.6 is 0 Å². The fraction of sp³-hybridized carbons (Fsp3) is 0.286. The quantitative estimate of drug-likeness (QED) is 0.691. The molecule has 0 aliphatic heterocycles. The molecule has 6 nitrogen and oxygen atoms in total. The lowest BCUT2D eigenvalue weighted by Gasteiger charge is -2.21. The van der Waals surface area contributed by atoms with Crippen LogP contribution in [0.2, 0.25) is 0 Å². The highest BCUT2D eigenvalue weighted by Crippen LogP contribution is 2.27. The number of nitrogens with zero attached hydrogens (tertiary/aromatic N) is 5. The summed E-state index contributed by atoms with van der Waals surface area (Å²) in [6.45, 7) is 3.49. The minimum Gasteiger partial charge on any atom is -0.368 e. The second-order valence-electron chi connectivity index (χ2n) is 4.91. The third kappa shape index (κ3) is 4.38. The van der Waals surface area contributed by atoms with Crippen molar-refractivity contribution in [2.75, 3.05) is 10.7 Å². The molecule has 122 valence electrons. The first kappa shape index (κ1) is 16.7. The van der Waals surface area contributed by atoms with Gasteiger partial charge in [-0.25, -0.2) is 5.01 Å². The van der Waals surface area contributed by atoms with Crippen molar-refractivity contribution in [1.82, 2.24) is 15.0 Å². The molecule has 0 aliphatic carbocycles. The molecule has 0 atom stereocenters. The summed E-state index contributed by atoms with van der Waals surface area (Å²) in [5, 5.41) is 5.41. The molecule has 1 heterocycles. The molecule has 0 saturated heterocycles. The third-order valence-electron chi connectivity index (χ3n) is 2.72. The van der Waals surface area contributed by atoms with Crippen molar-refractivity contribution in [3.8, 4) is 0 Å². The molecule has 0 spiro atoms. The lowest BCUT2D eigenvalue weighted by Crippen LogP contribution is -2.29. The molecule has 0 fully saturated rings. The van der Waals surface area contributed by atoms with E-state index in [0.717, 1.165) is 5.56 Å². The monoisotopic (exact) mass is 324 g/mol. The highest BCUT2D eigenvalue weighted by atomic mass is 19.4. The lowest BCUT2D eigenvalue weighted by molar-refractivity contribution is -0.144. The van der Waals surface area contributed by atoms with Gasteiger partial charge >= 0.3 is 6.18 Å². The number of hydrogen-bond donors (Lipinski definition) is 1. The first-order valence-electron chi connectivity index (χ1n) is 6.74. The second-order valence-corrected chi connectivity index (χ2v) is 4.91. The minimum absolute atomic E-state index is 0.257. The van der Waals surface area contributed by atoms with E-state index in [-0.39, 0.29) is 12.0 Å². The zero-order chi connectivity index (χ0) is 17.0. The fourth-order valence-electron chi connectivity index (χ4n) is 1.69. The van der Waals surface area contributed by atoms with E-state index in [1.54, 1.807) is 13.8 Å². The van der Waals surface area contributed by atoms with Gasteiger partial charge in [-0.1, -0.05) is 30.3 Å². The van der Waals surface area contributed by atoms with Crippen LogP contribution in [0.25, 0.3) is 0 Å². The number of alkyl halides is 3. The van der Waals surface area contributed by atoms with Gasteiger partial charge in [0.1, 0.15) is 0 Å². The van der Waals surface area contributed by atoms with E-state index in [2.05, 4.69) is 20.1 Å². The first-order chi connectivity index (χ1) is 10.8. The molecule has 1 aromatic heterocycles. The molecular formula is C14H15F3N6. The molecule has 9 heteroatoms. The van der Waals surface area contributed by atoms with E-state index in [1.807, 2.05) is 30.3 Å². The van der Waals surface area contributed by atoms with Crippen molar-refractivity contribution in [3.05, 3.63) is 41.7 Å². The van der Waals surface area contributed by atoms with Crippen molar-refractivity contribution in [1.29, 1.82) is 0 Å². The maximum absolute atomic E-state index is 12.8. The highest BCUT2D eigenvalue weighted by Gasteiger charge is 2.36. The van der Waals surface area contributed by atoms with E-state index in [4.69, 9.17) is 5.73 Å². The van der Waals surface area contributed by atoms with Gasteiger partial charge in [0.15, 0.2) is 0 Å². The van der Waals surface area contributed by atoms with Crippen LogP contribution in [-0.2, 0) is 6.18 Å². The number of halogens is 3. The normalized spacial score (nSPS) is 12.1. The number of aromatic nitrogens is 3. The summed E-state index contributed by atoms with van der Waals surface area (Å²) in [6, 6.07) is 8.83. The van der Waals surface area contributed by atoms with E-state index >= 15 is 0 Å². The van der Waals surface area contributed by atoms with Crippen LogP contribution in [0.3, 0.4) is 0 Å². The Kier molecular flexibility index (Phi) is 4.77. The van der Waals surface area contributed by atoms with Crippen molar-refractivity contribution in [2.45, 2.75) is 26.1 Å². The van der Waals surface area contributed by atoms with Gasteiger partial charge < -0.3 is 5.73 Å². The molecule has 0 bridgehead atoms. The van der Waals surface area contributed by atoms with Gasteiger partial charge in [-0.3, -0.25) is 0 Å². The number of nitrogens with two attached hydrogens (primary N) is 1. The Balaban J connectivity index is 2.38. The van der Waals surface area contributed by atoms with Crippen molar-refractivity contribution >= 4 is 18.1 Å². The summed E-state index contributed by atoms with van der Waals surface area (Å²) in [5.41, 5.74) is 6.15. The molecule has 0 radical (unpaired) electrons. The van der Waals surface area contributed by atoms with Crippen LogP contribution in [0.5, 0.6) is 0 Å². The Bertz CT molecular complexity index is 685. The summed E-state index contributed by atoms with van der Waals surface area (Å²) in [7, 11) is 0. The largest absolute Gasteiger partial charge is 0.451 e. The van der Waals surface area contributed by atoms with Gasteiger partial charge in [0.25, 0.3) is 5.95 Å². The zero-order valence-corrected chi connectivity index (χ0v) is 12.5. The van der Waals surface area contributed by atoms with Crippen LogP contribution in [0.15, 0.2) is 35.4 Å². The molecule has 2 aromatic rings. The lowest BCUT2D eigenvalue weighted by atomic mass is 10.2. The summed E-state index contributed by atoms with van der Waals surface area (Å²) in [4.78, 5) is 10.3. The Morgan fingerprint density at radius 1 is 1.13 bits per heavy atom. The van der Waals surface area contributed by atoms with Crippen LogP contribution in [0.4, 0.5) is 25.1 Å². The third-order valence-corrected chi connectivity index (χ3v) is 2.72. The SMILES string of the molecule is CC(C)N(N=Cc1ccccc1)c1nc(N)nc(C(F)(F)F)n1. The average Bonchev–Trinajstić information content (AvgIpc) is 2.46. The molecule has 1 aromatic carbocycles. The number of nitrogen functional groups attached to an aromatic ring is 1. The van der Waals surface area contributed by atoms with Gasteiger partial charge in [-0.15, -0.1) is 0 Å². The standard InChI is InChI=1S/C14H15F3N6/c1-9(2)23(19-8-10-6-4-3-5-7-10)13-21-11(14(15,16)17)20-12(18)22-13/h3-9H,1-2H3,(H2,18,20,21,22). The molecule has 0 amide bonds. The Morgan fingerprint density at radius 2 is 1.78 bits per heavy atom. The van der Waals surface area contributed by atoms with Crippen LogP contribution in [-0.4, -0.2) is 27.2 Å². The smallest absolute Gasteiger partial charge is 0.368 e. The summed E-state index contributed by atoms with van der Waals surface area (Å²) < 4.78 is 38.4. The van der Waals surface area contributed by atoms with Gasteiger partial charge in [-0.05, 0) is 19.4 Å². The van der Waals surface area contributed by atoms with Gasteiger partial charge in [0, 0.05) is 0 Å². The van der Waals surface area contributed by atoms with Gasteiger partial charge in [0.2, 0.25) is 11.8 Å². The fourth-order valence-corrected chi connectivity index (χ4v) is 1.69. The van der Waals surface area contributed by atoms with Gasteiger partial charge in [-0.2, -0.15) is 33.2 Å². The minimum atomic E-state index is -4.71. The Hall–Kier alpha value is -2.71. The highest BCUT2D eigenvalue weighted by molar-refractivity contribution is 5.80. The summed E-state index contributed by atoms with van der Waals surface area (Å²) in [6.07, 6.45) is -3.20. The Labute approximate surface area is 130 Å². The van der Waals surface area contributed by atoms with Crippen molar-refractivity contribution in [2.24, 2.45) is 5.10 Å².